The van der Waals surface area contributed by atoms with Gasteiger partial charge in [-0.2, -0.15) is 0 Å². The molecule has 0 aliphatic carbocycles. The Morgan fingerprint density at radius 2 is 0.689 bits per heavy atom. The van der Waals surface area contributed by atoms with Crippen molar-refractivity contribution < 1.29 is 16.5 Å². The maximum Gasteiger partial charge on any atom is 0.0168 e. The van der Waals surface area contributed by atoms with Crippen LogP contribution in [-0.4, -0.2) is 12.3 Å². The smallest absolute Gasteiger partial charge is 0.0168 e. The van der Waals surface area contributed by atoms with Crippen LogP contribution in [0, 0.1) is 27.7 Å². The summed E-state index contributed by atoms with van der Waals surface area (Å²) in [5.41, 5.74) is 5.60. The van der Waals surface area contributed by atoms with Gasteiger partial charge >= 0.3 is 0 Å². The minimum Gasteiger partial charge on any atom is -0.0669 e. The van der Waals surface area contributed by atoms with Crippen LogP contribution >= 0.6 is 32.2 Å². The molecule has 230 valence electrons. The minimum absolute atomic E-state index is 0. The summed E-state index contributed by atoms with van der Waals surface area (Å²) in [6.07, 6.45) is 2.41. The van der Waals surface area contributed by atoms with Crippen LogP contribution in [-0.2, 0) is 16.5 Å². The molecule has 2 heterocycles. The number of rotatable bonds is 8. The van der Waals surface area contributed by atoms with Crippen molar-refractivity contribution in [3.05, 3.63) is 167 Å². The van der Waals surface area contributed by atoms with Gasteiger partial charge < -0.3 is 0 Å². The summed E-state index contributed by atoms with van der Waals surface area (Å²) < 4.78 is 0. The Hall–Kier alpha value is -2.47. The van der Waals surface area contributed by atoms with Gasteiger partial charge in [0.15, 0.2) is 0 Å². The van der Waals surface area contributed by atoms with E-state index in [2.05, 4.69) is 173 Å². The van der Waals surface area contributed by atoms with Gasteiger partial charge in [-0.05, 0) is 111 Å². The summed E-state index contributed by atoms with van der Waals surface area (Å²) in [5.74, 6) is 4.59. The molecule has 4 aromatic carbocycles. The molecule has 0 aliphatic heterocycles. The molecular formula is C40H40NiP4. The average molecular weight is 703 g/mol. The number of aryl methyl sites for hydroxylation is 4. The van der Waals surface area contributed by atoms with E-state index in [4.69, 9.17) is 0 Å². The zero-order valence-electron chi connectivity index (χ0n) is 26.4. The van der Waals surface area contributed by atoms with Gasteiger partial charge in [0.05, 0.1) is 0 Å². The molecule has 2 aromatic heterocycles. The molecule has 0 atom stereocenters. The van der Waals surface area contributed by atoms with Crippen molar-refractivity contribution in [2.75, 3.05) is 12.3 Å². The molecule has 0 fully saturated rings. The summed E-state index contributed by atoms with van der Waals surface area (Å²) in [6.45, 7) is 8.78. The molecule has 0 saturated carbocycles. The van der Waals surface area contributed by atoms with Crippen LogP contribution in [0.5, 0.6) is 0 Å². The summed E-state index contributed by atoms with van der Waals surface area (Å²) in [6, 6.07) is 48.8. The fourth-order valence-corrected chi connectivity index (χ4v) is 13.0. The molecule has 45 heavy (non-hydrogen) atoms. The molecule has 0 saturated heterocycles. The second-order valence-electron chi connectivity index (χ2n) is 11.0. The SMILES string of the molecule is Cc1cpc(-c2pcc(C)cc2C)c(C)c1.[Ni].c1ccc(P(CCP(c2ccccc2)c2ccccc2)c2ccccc2)cc1. The first-order valence-corrected chi connectivity index (χ1v) is 20.1. The maximum atomic E-state index is 2.30. The van der Waals surface area contributed by atoms with Gasteiger partial charge in [0.25, 0.3) is 0 Å². The van der Waals surface area contributed by atoms with E-state index < -0.39 is 0 Å². The van der Waals surface area contributed by atoms with E-state index in [1.165, 1.54) is 82.8 Å². The largest absolute Gasteiger partial charge is 0.0669 e. The van der Waals surface area contributed by atoms with Crippen LogP contribution in [0.2, 0.25) is 0 Å². The molecule has 5 heteroatoms. The zero-order valence-corrected chi connectivity index (χ0v) is 30.9. The second-order valence-corrected chi connectivity index (χ2v) is 17.6. The number of benzene rings is 4. The van der Waals surface area contributed by atoms with Crippen molar-refractivity contribution in [1.82, 2.24) is 0 Å². The second kappa shape index (κ2) is 18.0. The summed E-state index contributed by atoms with van der Waals surface area (Å²) in [4.78, 5) is 0. The third-order valence-corrected chi connectivity index (χ3v) is 15.8. The molecule has 0 amide bonds. The van der Waals surface area contributed by atoms with E-state index in [0.29, 0.717) is 0 Å². The third kappa shape index (κ3) is 10.0. The molecule has 6 aromatic rings. The molecule has 0 nitrogen and oxygen atoms in total. The fraction of sp³-hybridized carbons (Fsp3) is 0.150. The molecule has 0 unspecified atom stereocenters. The predicted molar refractivity (Wildman–Crippen MR) is 204 cm³/mol. The van der Waals surface area contributed by atoms with Crippen molar-refractivity contribution in [2.45, 2.75) is 27.7 Å². The number of hydrogen-bond donors (Lipinski definition) is 0. The van der Waals surface area contributed by atoms with E-state index in [-0.39, 0.29) is 32.3 Å². The van der Waals surface area contributed by atoms with Gasteiger partial charge in [-0.25, -0.2) is 0 Å². The van der Waals surface area contributed by atoms with Crippen molar-refractivity contribution >= 4 is 53.4 Å². The van der Waals surface area contributed by atoms with Crippen molar-refractivity contribution in [2.24, 2.45) is 0 Å². The van der Waals surface area contributed by atoms with Crippen LogP contribution in [0.3, 0.4) is 0 Å². The summed E-state index contributed by atoms with van der Waals surface area (Å²) >= 11 is 0. The Kier molecular flexibility index (Phi) is 14.2. The Morgan fingerprint density at radius 1 is 0.422 bits per heavy atom. The van der Waals surface area contributed by atoms with Crippen LogP contribution < -0.4 is 21.2 Å². The molecular weight excluding hydrogens is 663 g/mol. The fourth-order valence-electron chi connectivity index (χ4n) is 5.37. The first kappa shape index (κ1) is 35.4. The van der Waals surface area contributed by atoms with E-state index in [9.17, 15) is 0 Å². The standard InChI is InChI=1S/C26H24P2.C14H16P2.Ni/c1-5-13-23(14-6-1)27(24-15-7-2-8-16-24)21-22-28(25-17-9-3-10-18-25)26-19-11-4-12-20-26;1-9-5-11(3)13(15-7-9)14-12(4)6-10(2)8-16-14;/h1-20H,21-22H2;5-8H,1-4H3;. The van der Waals surface area contributed by atoms with Crippen LogP contribution in [0.1, 0.15) is 22.3 Å². The van der Waals surface area contributed by atoms with Gasteiger partial charge in [0.1, 0.15) is 0 Å². The molecule has 0 N–H and O–H groups in total. The van der Waals surface area contributed by atoms with E-state index in [1.54, 1.807) is 0 Å². The Bertz CT molecular complexity index is 1530. The molecule has 0 bridgehead atoms. The zero-order chi connectivity index (χ0) is 30.7. The summed E-state index contributed by atoms with van der Waals surface area (Å²) in [5, 5.41) is 8.87. The van der Waals surface area contributed by atoms with Crippen LogP contribution in [0.25, 0.3) is 10.6 Å². The molecule has 6 rings (SSSR count). The predicted octanol–water partition coefficient (Wildman–Crippen LogP) is 11.0. The Morgan fingerprint density at radius 3 is 0.933 bits per heavy atom. The quantitative estimate of drug-likeness (QED) is 0.109. The minimum atomic E-state index is -0.348. The molecule has 0 radical (unpaired) electrons. The van der Waals surface area contributed by atoms with Gasteiger partial charge in [0, 0.05) is 27.1 Å². The van der Waals surface area contributed by atoms with Crippen molar-refractivity contribution in [3.63, 3.8) is 0 Å². The maximum absolute atomic E-state index is 2.30. The monoisotopic (exact) mass is 702 g/mol. The van der Waals surface area contributed by atoms with Gasteiger partial charge in [0.2, 0.25) is 0 Å². The van der Waals surface area contributed by atoms with Crippen molar-refractivity contribution in [3.8, 4) is 10.6 Å². The molecule has 0 spiro atoms. The number of hydrogen-bond acceptors (Lipinski definition) is 0. The van der Waals surface area contributed by atoms with Gasteiger partial charge in [-0.15, -0.1) is 0 Å². The first-order valence-electron chi connectivity index (χ1n) is 15.1. The van der Waals surface area contributed by atoms with E-state index in [1.807, 2.05) is 0 Å². The third-order valence-electron chi connectivity index (χ3n) is 7.47. The van der Waals surface area contributed by atoms with Gasteiger partial charge in [-0.3, -0.25) is 0 Å². The van der Waals surface area contributed by atoms with Crippen LogP contribution in [0.15, 0.2) is 145 Å². The van der Waals surface area contributed by atoms with E-state index in [0.717, 1.165) is 0 Å². The first-order chi connectivity index (χ1) is 21.5. The normalized spacial score (nSPS) is 11.0. The summed E-state index contributed by atoms with van der Waals surface area (Å²) in [7, 11) is 2.00. The Balaban J connectivity index is 0.000000231. The van der Waals surface area contributed by atoms with Crippen molar-refractivity contribution in [1.29, 1.82) is 0 Å². The topological polar surface area (TPSA) is 0 Å². The average Bonchev–Trinajstić information content (AvgIpc) is 3.06. The van der Waals surface area contributed by atoms with Gasteiger partial charge in [-0.1, -0.05) is 150 Å². The van der Waals surface area contributed by atoms with Crippen LogP contribution in [0.4, 0.5) is 0 Å². The molecule has 0 aliphatic rings. The van der Waals surface area contributed by atoms with E-state index >= 15 is 0 Å². The Labute approximate surface area is 286 Å².